The summed E-state index contributed by atoms with van der Waals surface area (Å²) in [6, 6.07) is 14.3. The number of nitrogen functional groups attached to an aromatic ring is 1. The number of nitrogens with one attached hydrogen (secondary N) is 2. The molecule has 0 amide bonds. The Morgan fingerprint density at radius 1 is 0.967 bits per heavy atom. The number of benzene rings is 2. The van der Waals surface area contributed by atoms with Gasteiger partial charge in [-0.2, -0.15) is 5.10 Å². The van der Waals surface area contributed by atoms with Crippen molar-refractivity contribution in [3.05, 3.63) is 53.7 Å². The predicted molar refractivity (Wildman–Crippen MR) is 122 cm³/mol. The molecule has 0 radical (unpaired) electrons. The van der Waals surface area contributed by atoms with Crippen LogP contribution in [0.5, 0.6) is 0 Å². The zero-order chi connectivity index (χ0) is 20.5. The third-order valence-electron chi connectivity index (χ3n) is 5.69. The molecule has 0 aliphatic heterocycles. The van der Waals surface area contributed by atoms with Crippen LogP contribution >= 0.6 is 11.6 Å². The Morgan fingerprint density at radius 3 is 2.53 bits per heavy atom. The molecule has 1 aliphatic rings. The molecule has 0 bridgehead atoms. The normalized spacial score (nSPS) is 14.8. The van der Waals surface area contributed by atoms with Crippen LogP contribution in [-0.4, -0.2) is 26.2 Å². The van der Waals surface area contributed by atoms with Crippen molar-refractivity contribution in [1.29, 1.82) is 0 Å². The molecular weight excluding hydrogens is 396 g/mol. The van der Waals surface area contributed by atoms with Crippen LogP contribution in [0.1, 0.15) is 32.1 Å². The summed E-state index contributed by atoms with van der Waals surface area (Å²) >= 11 is 6.52. The average Bonchev–Trinajstić information content (AvgIpc) is 3.26. The van der Waals surface area contributed by atoms with E-state index in [1.807, 2.05) is 42.5 Å². The van der Waals surface area contributed by atoms with Crippen molar-refractivity contribution in [1.82, 2.24) is 20.2 Å². The van der Waals surface area contributed by atoms with Crippen LogP contribution in [-0.2, 0) is 0 Å². The van der Waals surface area contributed by atoms with Crippen LogP contribution in [0.4, 0.5) is 11.6 Å². The molecule has 2 aromatic carbocycles. The van der Waals surface area contributed by atoms with Gasteiger partial charge < -0.3 is 11.1 Å². The van der Waals surface area contributed by atoms with Gasteiger partial charge in [0, 0.05) is 22.6 Å². The first-order valence-electron chi connectivity index (χ1n) is 10.3. The summed E-state index contributed by atoms with van der Waals surface area (Å²) in [4.78, 5) is 9.73. The lowest BCUT2D eigenvalue weighted by molar-refractivity contribution is 0.462. The van der Waals surface area contributed by atoms with Crippen molar-refractivity contribution in [3.8, 4) is 22.5 Å². The summed E-state index contributed by atoms with van der Waals surface area (Å²) in [5.41, 5.74) is 10.5. The van der Waals surface area contributed by atoms with Crippen LogP contribution in [0.25, 0.3) is 33.4 Å². The van der Waals surface area contributed by atoms with Gasteiger partial charge in [0.25, 0.3) is 0 Å². The smallest absolute Gasteiger partial charge is 0.169 e. The lowest BCUT2D eigenvalue weighted by Crippen LogP contribution is -2.24. The average molecular weight is 419 g/mol. The molecular formula is C23H23ClN6. The third-order valence-corrected chi connectivity index (χ3v) is 5.99. The highest BCUT2D eigenvalue weighted by atomic mass is 35.5. The molecule has 7 heteroatoms. The Kier molecular flexibility index (Phi) is 5.01. The van der Waals surface area contributed by atoms with Gasteiger partial charge in [-0.3, -0.25) is 5.10 Å². The van der Waals surface area contributed by atoms with E-state index in [-0.39, 0.29) is 0 Å². The van der Waals surface area contributed by atoms with Crippen LogP contribution in [0.15, 0.2) is 48.7 Å². The largest absolute Gasteiger partial charge is 0.381 e. The Labute approximate surface area is 179 Å². The van der Waals surface area contributed by atoms with Crippen LogP contribution in [0.3, 0.4) is 0 Å². The van der Waals surface area contributed by atoms with E-state index in [9.17, 15) is 0 Å². The molecule has 1 aliphatic carbocycles. The molecule has 1 saturated carbocycles. The quantitative estimate of drug-likeness (QED) is 0.397. The number of aromatic nitrogens is 4. The van der Waals surface area contributed by atoms with Crippen LogP contribution in [0.2, 0.25) is 5.02 Å². The molecule has 5 rings (SSSR count). The first-order valence-corrected chi connectivity index (χ1v) is 10.7. The number of hydrogen-bond donors (Lipinski definition) is 3. The van der Waals surface area contributed by atoms with Gasteiger partial charge in [0.2, 0.25) is 0 Å². The van der Waals surface area contributed by atoms with Crippen LogP contribution in [0, 0.1) is 0 Å². The fraction of sp³-hybridized carbons (Fsp3) is 0.261. The molecule has 4 aromatic rings. The molecule has 2 heterocycles. The minimum absolute atomic E-state index is 0.380. The van der Waals surface area contributed by atoms with E-state index in [2.05, 4.69) is 15.5 Å². The van der Waals surface area contributed by atoms with Gasteiger partial charge in [-0.1, -0.05) is 61.2 Å². The number of nitrogens with two attached hydrogens (primary N) is 1. The highest BCUT2D eigenvalue weighted by molar-refractivity contribution is 6.35. The van der Waals surface area contributed by atoms with Crippen LogP contribution < -0.4 is 11.1 Å². The van der Waals surface area contributed by atoms with Gasteiger partial charge in [-0.05, 0) is 25.0 Å². The topological polar surface area (TPSA) is 92.5 Å². The number of aromatic amines is 1. The van der Waals surface area contributed by atoms with E-state index in [1.165, 1.54) is 19.3 Å². The molecule has 1 fully saturated rings. The highest BCUT2D eigenvalue weighted by Crippen LogP contribution is 2.36. The highest BCUT2D eigenvalue weighted by Gasteiger charge is 2.20. The van der Waals surface area contributed by atoms with Gasteiger partial charge >= 0.3 is 0 Å². The van der Waals surface area contributed by atoms with Crippen molar-refractivity contribution in [3.63, 3.8) is 0 Å². The molecule has 6 nitrogen and oxygen atoms in total. The summed E-state index contributed by atoms with van der Waals surface area (Å²) in [6.45, 7) is 0. The monoisotopic (exact) mass is 418 g/mol. The van der Waals surface area contributed by atoms with Gasteiger partial charge in [0.1, 0.15) is 0 Å². The summed E-state index contributed by atoms with van der Waals surface area (Å²) < 4.78 is 0. The van der Waals surface area contributed by atoms with E-state index < -0.39 is 0 Å². The first kappa shape index (κ1) is 18.9. The van der Waals surface area contributed by atoms with E-state index in [1.54, 1.807) is 6.20 Å². The zero-order valence-corrected chi connectivity index (χ0v) is 17.3. The van der Waals surface area contributed by atoms with E-state index in [0.29, 0.717) is 22.7 Å². The maximum atomic E-state index is 6.52. The molecule has 0 spiro atoms. The van der Waals surface area contributed by atoms with E-state index >= 15 is 0 Å². The second-order valence-electron chi connectivity index (χ2n) is 7.79. The Morgan fingerprint density at radius 2 is 1.73 bits per heavy atom. The van der Waals surface area contributed by atoms with Gasteiger partial charge in [0.05, 0.1) is 28.1 Å². The second kappa shape index (κ2) is 7.95. The summed E-state index contributed by atoms with van der Waals surface area (Å²) in [5, 5.41) is 12.1. The van der Waals surface area contributed by atoms with Crippen molar-refractivity contribution in [2.45, 2.75) is 38.1 Å². The second-order valence-corrected chi connectivity index (χ2v) is 8.20. The van der Waals surface area contributed by atoms with E-state index in [4.69, 9.17) is 27.3 Å². The predicted octanol–water partition coefficient (Wildman–Crippen LogP) is 5.67. The van der Waals surface area contributed by atoms with E-state index in [0.717, 1.165) is 46.3 Å². The number of hydrogen-bond acceptors (Lipinski definition) is 5. The standard InChI is InChI=1S/C23H23ClN6/c24-18-12-15(11-16-13-26-30-19(16)18)21-20(14-7-3-1-4-8-14)28-22(25)23(29-21)27-17-9-5-2-6-10-17/h1,3-4,7-8,11-13,17H,2,5-6,9-10H2,(H2,25,28)(H,26,30)(H,27,29). The fourth-order valence-corrected chi connectivity index (χ4v) is 4.41. The molecule has 4 N–H and O–H groups in total. The fourth-order valence-electron chi connectivity index (χ4n) is 4.14. The van der Waals surface area contributed by atoms with Gasteiger partial charge in [-0.15, -0.1) is 0 Å². The molecule has 0 atom stereocenters. The Hall–Kier alpha value is -3.12. The maximum Gasteiger partial charge on any atom is 0.169 e. The first-order chi connectivity index (χ1) is 14.7. The Bertz CT molecular complexity index is 1180. The summed E-state index contributed by atoms with van der Waals surface area (Å²) in [7, 11) is 0. The summed E-state index contributed by atoms with van der Waals surface area (Å²) in [6.07, 6.45) is 7.77. The van der Waals surface area contributed by atoms with Crippen molar-refractivity contribution in [2.24, 2.45) is 0 Å². The maximum absolute atomic E-state index is 6.52. The lowest BCUT2D eigenvalue weighted by Gasteiger charge is -2.24. The van der Waals surface area contributed by atoms with Gasteiger partial charge in [0.15, 0.2) is 11.6 Å². The number of fused-ring (bicyclic) bond motifs is 1. The number of H-pyrrole nitrogens is 1. The van der Waals surface area contributed by atoms with Gasteiger partial charge in [-0.25, -0.2) is 9.97 Å². The number of halogens is 1. The molecule has 152 valence electrons. The van der Waals surface area contributed by atoms with Crippen molar-refractivity contribution >= 4 is 34.1 Å². The van der Waals surface area contributed by atoms with Crippen molar-refractivity contribution in [2.75, 3.05) is 11.1 Å². The SMILES string of the molecule is Nc1nc(-c2ccccc2)c(-c2cc(Cl)c3[nH]ncc3c2)nc1NC1CCCCC1. The molecule has 0 saturated heterocycles. The van der Waals surface area contributed by atoms with Crippen molar-refractivity contribution < 1.29 is 0 Å². The minimum atomic E-state index is 0.380. The number of rotatable bonds is 4. The molecule has 0 unspecified atom stereocenters. The minimum Gasteiger partial charge on any atom is -0.381 e. The Balaban J connectivity index is 1.66. The molecule has 2 aromatic heterocycles. The molecule has 30 heavy (non-hydrogen) atoms. The zero-order valence-electron chi connectivity index (χ0n) is 16.5. The summed E-state index contributed by atoms with van der Waals surface area (Å²) in [5.74, 6) is 1.05. The third kappa shape index (κ3) is 3.59. The lowest BCUT2D eigenvalue weighted by atomic mass is 9.95. The number of anilines is 2. The number of nitrogens with zero attached hydrogens (tertiary/aromatic N) is 3.